The van der Waals surface area contributed by atoms with Crippen molar-refractivity contribution in [2.24, 2.45) is 5.73 Å². The number of benzene rings is 1. The van der Waals surface area contributed by atoms with E-state index in [1.807, 2.05) is 35.2 Å². The fourth-order valence-corrected chi connectivity index (χ4v) is 4.30. The zero-order valence-corrected chi connectivity index (χ0v) is 17.6. The number of methoxy groups -OCH3 is 1. The van der Waals surface area contributed by atoms with Crippen LogP contribution in [0.15, 0.2) is 71.5 Å². The molecule has 0 unspecified atom stereocenters. The van der Waals surface area contributed by atoms with E-state index in [-0.39, 0.29) is 23.8 Å². The Hall–Kier alpha value is -3.61. The predicted octanol–water partition coefficient (Wildman–Crippen LogP) is 3.43. The number of Topliss-reactive ketones (excluding diaryl/α,β-unsaturated/α-hetero) is 1. The molecule has 0 spiro atoms. The van der Waals surface area contributed by atoms with Gasteiger partial charge in [-0.25, -0.2) is 4.79 Å². The van der Waals surface area contributed by atoms with Crippen molar-refractivity contribution >= 4 is 17.4 Å². The summed E-state index contributed by atoms with van der Waals surface area (Å²) in [5.74, 6) is -0.146. The SMILES string of the molecule is CCOC(=O)C1=C(N)N(c2ccc(OC)cc2)C2=C(C(=O)CCC2)[C@@H]1c1cccnc1. The van der Waals surface area contributed by atoms with Crippen molar-refractivity contribution in [1.29, 1.82) is 0 Å². The van der Waals surface area contributed by atoms with E-state index < -0.39 is 11.9 Å². The Kier molecular flexibility index (Phi) is 5.75. The van der Waals surface area contributed by atoms with Gasteiger partial charge in [-0.3, -0.25) is 14.7 Å². The lowest BCUT2D eigenvalue weighted by Gasteiger charge is -2.40. The van der Waals surface area contributed by atoms with Crippen LogP contribution >= 0.6 is 0 Å². The van der Waals surface area contributed by atoms with E-state index in [0.29, 0.717) is 24.2 Å². The molecule has 4 rings (SSSR count). The summed E-state index contributed by atoms with van der Waals surface area (Å²) >= 11 is 0. The lowest BCUT2D eigenvalue weighted by molar-refractivity contribution is -0.138. The van der Waals surface area contributed by atoms with Crippen LogP contribution in [-0.4, -0.2) is 30.5 Å². The molecule has 0 radical (unpaired) electrons. The number of allylic oxidation sites excluding steroid dienone is 2. The highest BCUT2D eigenvalue weighted by Gasteiger charge is 2.43. The fraction of sp³-hybridized carbons (Fsp3) is 0.292. The molecule has 1 aliphatic carbocycles. The Morgan fingerprint density at radius 1 is 1.23 bits per heavy atom. The number of nitrogens with two attached hydrogens (primary N) is 1. The molecule has 2 aromatic rings. The third-order valence-corrected chi connectivity index (χ3v) is 5.64. The quantitative estimate of drug-likeness (QED) is 0.742. The van der Waals surface area contributed by atoms with Crippen molar-refractivity contribution < 1.29 is 19.1 Å². The molecule has 1 aromatic heterocycles. The molecule has 1 aliphatic heterocycles. The largest absolute Gasteiger partial charge is 0.497 e. The van der Waals surface area contributed by atoms with Gasteiger partial charge in [0, 0.05) is 35.8 Å². The Morgan fingerprint density at radius 3 is 2.65 bits per heavy atom. The molecule has 0 saturated carbocycles. The smallest absolute Gasteiger partial charge is 0.338 e. The minimum Gasteiger partial charge on any atom is -0.497 e. The van der Waals surface area contributed by atoms with Crippen LogP contribution in [0, 0.1) is 0 Å². The number of rotatable bonds is 5. The van der Waals surface area contributed by atoms with E-state index in [4.69, 9.17) is 15.2 Å². The number of hydrogen-bond donors (Lipinski definition) is 1. The molecular formula is C24H25N3O4. The Bertz CT molecular complexity index is 1060. The number of pyridine rings is 1. The normalized spacial score (nSPS) is 18.7. The maximum absolute atomic E-state index is 13.2. The lowest BCUT2D eigenvalue weighted by atomic mass is 9.75. The first-order valence-corrected chi connectivity index (χ1v) is 10.3. The van der Waals surface area contributed by atoms with Crippen LogP contribution in [0.4, 0.5) is 5.69 Å². The van der Waals surface area contributed by atoms with Gasteiger partial charge in [0.25, 0.3) is 0 Å². The van der Waals surface area contributed by atoms with Crippen LogP contribution < -0.4 is 15.4 Å². The van der Waals surface area contributed by atoms with Gasteiger partial charge in [-0.2, -0.15) is 0 Å². The van der Waals surface area contributed by atoms with Gasteiger partial charge in [0.05, 0.1) is 25.2 Å². The fourth-order valence-electron chi connectivity index (χ4n) is 4.30. The summed E-state index contributed by atoms with van der Waals surface area (Å²) < 4.78 is 10.6. The first-order valence-electron chi connectivity index (χ1n) is 10.3. The number of aromatic nitrogens is 1. The molecule has 7 heteroatoms. The highest BCUT2D eigenvalue weighted by atomic mass is 16.5. The number of ketones is 1. The highest BCUT2D eigenvalue weighted by molar-refractivity contribution is 6.05. The number of carbonyl (C=O) groups is 2. The highest BCUT2D eigenvalue weighted by Crippen LogP contribution is 2.46. The summed E-state index contributed by atoms with van der Waals surface area (Å²) in [5.41, 5.74) is 9.82. The second kappa shape index (κ2) is 8.63. The molecule has 2 aliphatic rings. The van der Waals surface area contributed by atoms with Gasteiger partial charge in [0.1, 0.15) is 11.6 Å². The minimum atomic E-state index is -0.606. The van der Waals surface area contributed by atoms with Crippen LogP contribution in [0.1, 0.15) is 37.7 Å². The van der Waals surface area contributed by atoms with Gasteiger partial charge in [-0.05, 0) is 55.7 Å². The summed E-state index contributed by atoms with van der Waals surface area (Å²) in [7, 11) is 1.60. The molecule has 0 fully saturated rings. The maximum Gasteiger partial charge on any atom is 0.338 e. The number of esters is 1. The summed E-state index contributed by atoms with van der Waals surface area (Å²) in [6.07, 6.45) is 5.17. The number of ether oxygens (including phenoxy) is 2. The van der Waals surface area contributed by atoms with Crippen LogP contribution in [0.25, 0.3) is 0 Å². The molecule has 1 aromatic carbocycles. The van der Waals surface area contributed by atoms with Gasteiger partial charge in [-0.1, -0.05) is 6.07 Å². The second-order valence-electron chi connectivity index (χ2n) is 7.41. The molecule has 0 saturated heterocycles. The molecule has 0 bridgehead atoms. The van der Waals surface area contributed by atoms with Crippen molar-refractivity contribution in [3.8, 4) is 5.75 Å². The molecule has 2 heterocycles. The monoisotopic (exact) mass is 419 g/mol. The summed E-state index contributed by atoms with van der Waals surface area (Å²) in [5, 5.41) is 0. The second-order valence-corrected chi connectivity index (χ2v) is 7.41. The predicted molar refractivity (Wildman–Crippen MR) is 116 cm³/mol. The van der Waals surface area contributed by atoms with Crippen LogP contribution in [0.2, 0.25) is 0 Å². The number of hydrogen-bond acceptors (Lipinski definition) is 7. The lowest BCUT2D eigenvalue weighted by Crippen LogP contribution is -2.41. The van der Waals surface area contributed by atoms with Gasteiger partial charge >= 0.3 is 5.97 Å². The molecule has 0 amide bonds. The van der Waals surface area contributed by atoms with Crippen molar-refractivity contribution in [3.05, 3.63) is 77.0 Å². The maximum atomic E-state index is 13.2. The third kappa shape index (κ3) is 3.67. The third-order valence-electron chi connectivity index (χ3n) is 5.64. The zero-order valence-electron chi connectivity index (χ0n) is 17.6. The van der Waals surface area contributed by atoms with Crippen molar-refractivity contribution in [2.75, 3.05) is 18.6 Å². The minimum absolute atomic E-state index is 0.0166. The molecule has 2 N–H and O–H groups in total. The molecular weight excluding hydrogens is 394 g/mol. The van der Waals surface area contributed by atoms with Crippen molar-refractivity contribution in [2.45, 2.75) is 32.1 Å². The Morgan fingerprint density at radius 2 is 2.00 bits per heavy atom. The topological polar surface area (TPSA) is 94.8 Å². The molecule has 31 heavy (non-hydrogen) atoms. The van der Waals surface area contributed by atoms with Gasteiger partial charge in [0.15, 0.2) is 5.78 Å². The van der Waals surface area contributed by atoms with E-state index in [1.54, 1.807) is 32.5 Å². The van der Waals surface area contributed by atoms with E-state index in [1.165, 1.54) is 0 Å². The van der Waals surface area contributed by atoms with Crippen LogP contribution in [-0.2, 0) is 14.3 Å². The zero-order chi connectivity index (χ0) is 22.0. The molecule has 7 nitrogen and oxygen atoms in total. The average molecular weight is 419 g/mol. The van der Waals surface area contributed by atoms with E-state index >= 15 is 0 Å². The van der Waals surface area contributed by atoms with Crippen LogP contribution in [0.3, 0.4) is 0 Å². The van der Waals surface area contributed by atoms with E-state index in [9.17, 15) is 9.59 Å². The van der Waals surface area contributed by atoms with Gasteiger partial charge in [-0.15, -0.1) is 0 Å². The van der Waals surface area contributed by atoms with Crippen molar-refractivity contribution in [3.63, 3.8) is 0 Å². The summed E-state index contributed by atoms with van der Waals surface area (Å²) in [6, 6.07) is 11.0. The molecule has 160 valence electrons. The Labute approximate surface area is 181 Å². The van der Waals surface area contributed by atoms with E-state index in [0.717, 1.165) is 23.4 Å². The van der Waals surface area contributed by atoms with Crippen molar-refractivity contribution in [1.82, 2.24) is 4.98 Å². The summed E-state index contributed by atoms with van der Waals surface area (Å²) in [4.78, 5) is 32.3. The number of carbonyl (C=O) groups excluding carboxylic acids is 2. The van der Waals surface area contributed by atoms with E-state index in [2.05, 4.69) is 4.98 Å². The summed E-state index contributed by atoms with van der Waals surface area (Å²) in [6.45, 7) is 1.95. The average Bonchev–Trinajstić information content (AvgIpc) is 2.79. The Balaban J connectivity index is 1.96. The first kappa shape index (κ1) is 20.7. The van der Waals surface area contributed by atoms with Crippen LogP contribution in [0.5, 0.6) is 5.75 Å². The number of nitrogens with zero attached hydrogens (tertiary/aromatic N) is 2. The first-order chi connectivity index (χ1) is 15.1. The number of anilines is 1. The standard InChI is InChI=1S/C24H25N3O4/c1-3-31-24(29)22-20(15-6-5-13-26-14-15)21-18(7-4-8-19(21)28)27(23(22)25)16-9-11-17(30-2)12-10-16/h5-6,9-14,20H,3-4,7-8,25H2,1-2H3/t20-/m0/s1. The van der Waals surface area contributed by atoms with Gasteiger partial charge in [0.2, 0.25) is 0 Å². The molecule has 1 atom stereocenters. The van der Waals surface area contributed by atoms with Gasteiger partial charge < -0.3 is 15.2 Å².